The van der Waals surface area contributed by atoms with Crippen LogP contribution in [0.1, 0.15) is 38.4 Å². The summed E-state index contributed by atoms with van der Waals surface area (Å²) < 4.78 is 35.6. The van der Waals surface area contributed by atoms with Gasteiger partial charge in [0.1, 0.15) is 5.52 Å². The van der Waals surface area contributed by atoms with E-state index in [0.717, 1.165) is 33.2 Å². The average molecular weight is 497 g/mol. The van der Waals surface area contributed by atoms with Crippen molar-refractivity contribution in [3.8, 4) is 11.1 Å². The predicted molar refractivity (Wildman–Crippen MR) is 134 cm³/mol. The number of piperidine rings is 1. The Bertz CT molecular complexity index is 1440. The van der Waals surface area contributed by atoms with Gasteiger partial charge in [-0.3, -0.25) is 14.1 Å². The summed E-state index contributed by atoms with van der Waals surface area (Å²) in [4.78, 5) is 19.3. The van der Waals surface area contributed by atoms with Gasteiger partial charge in [-0.1, -0.05) is 12.1 Å². The number of imidazole rings is 1. The molecule has 4 aromatic rings. The molecule has 0 unspecified atom stereocenters. The van der Waals surface area contributed by atoms with E-state index >= 15 is 0 Å². The fraction of sp³-hybridized carbons (Fsp3) is 0.462. The molecule has 1 saturated heterocycles. The van der Waals surface area contributed by atoms with E-state index in [4.69, 9.17) is 4.74 Å². The van der Waals surface area contributed by atoms with Crippen LogP contribution in [-0.4, -0.2) is 61.4 Å². The molecule has 0 radical (unpaired) electrons. The smallest absolute Gasteiger partial charge is 0.330 e. The number of pyridine rings is 1. The minimum atomic E-state index is -2.52. The zero-order chi connectivity index (χ0) is 25.4. The first kappa shape index (κ1) is 24.5. The van der Waals surface area contributed by atoms with Crippen molar-refractivity contribution < 1.29 is 13.5 Å². The number of benzene rings is 1. The van der Waals surface area contributed by atoms with Gasteiger partial charge in [-0.05, 0) is 37.6 Å². The Morgan fingerprint density at radius 2 is 1.83 bits per heavy atom. The zero-order valence-electron chi connectivity index (χ0n) is 20.7. The summed E-state index contributed by atoms with van der Waals surface area (Å²) in [7, 11) is 1.71. The summed E-state index contributed by atoms with van der Waals surface area (Å²) in [5.74, 6) is -2.52. The van der Waals surface area contributed by atoms with Crippen LogP contribution in [0, 0.1) is 0 Å². The first-order valence-corrected chi connectivity index (χ1v) is 12.2. The van der Waals surface area contributed by atoms with Crippen LogP contribution >= 0.6 is 0 Å². The van der Waals surface area contributed by atoms with Crippen LogP contribution < -0.4 is 5.69 Å². The summed E-state index contributed by atoms with van der Waals surface area (Å²) in [5, 5.41) is 9.48. The summed E-state index contributed by atoms with van der Waals surface area (Å²) in [6.07, 6.45) is 1.64. The first-order chi connectivity index (χ1) is 17.2. The van der Waals surface area contributed by atoms with Crippen molar-refractivity contribution >= 4 is 22.1 Å². The largest absolute Gasteiger partial charge is 0.374 e. The standard InChI is InChI=1S/C26H30F2N6O2/c1-17(2)34-23-21-14-18(5-7-22(21)30-31-24(23)32(3)25(34)35)19-4-6-20(29-15-19)16-36-13-12-33-10-8-26(27,28)9-11-33/h4-7,14-15,17H,8-13,16H2,1-3H3. The highest BCUT2D eigenvalue weighted by atomic mass is 19.3. The molecule has 0 amide bonds. The number of likely N-dealkylation sites (tertiary alicyclic amines) is 1. The molecule has 36 heavy (non-hydrogen) atoms. The van der Waals surface area contributed by atoms with Gasteiger partial charge >= 0.3 is 5.69 Å². The van der Waals surface area contributed by atoms with Gasteiger partial charge in [0.15, 0.2) is 5.65 Å². The molecule has 0 bridgehead atoms. The molecular formula is C26H30F2N6O2. The van der Waals surface area contributed by atoms with Gasteiger partial charge in [0.2, 0.25) is 0 Å². The van der Waals surface area contributed by atoms with E-state index in [1.165, 1.54) is 4.57 Å². The van der Waals surface area contributed by atoms with Crippen molar-refractivity contribution in [3.63, 3.8) is 0 Å². The second-order valence-electron chi connectivity index (χ2n) is 9.70. The lowest BCUT2D eigenvalue weighted by atomic mass is 10.0. The number of alkyl halides is 2. The topological polar surface area (TPSA) is 78.1 Å². The molecule has 190 valence electrons. The van der Waals surface area contributed by atoms with E-state index in [1.54, 1.807) is 17.8 Å². The van der Waals surface area contributed by atoms with Crippen molar-refractivity contribution in [1.82, 2.24) is 29.2 Å². The number of nitrogens with zero attached hydrogens (tertiary/aromatic N) is 6. The summed E-state index contributed by atoms with van der Waals surface area (Å²) in [6.45, 7) is 6.25. The molecule has 10 heteroatoms. The number of fused-ring (bicyclic) bond motifs is 3. The quantitative estimate of drug-likeness (QED) is 0.358. The van der Waals surface area contributed by atoms with Crippen LogP contribution in [0.4, 0.5) is 8.78 Å². The maximum atomic E-state index is 13.3. The third kappa shape index (κ3) is 4.75. The maximum Gasteiger partial charge on any atom is 0.330 e. The highest BCUT2D eigenvalue weighted by molar-refractivity contribution is 6.02. The van der Waals surface area contributed by atoms with Crippen LogP contribution in [0.15, 0.2) is 41.3 Å². The molecule has 0 spiro atoms. The van der Waals surface area contributed by atoms with Crippen LogP contribution in [0.5, 0.6) is 0 Å². The van der Waals surface area contributed by atoms with E-state index < -0.39 is 5.92 Å². The summed E-state index contributed by atoms with van der Waals surface area (Å²) in [5.41, 5.74) is 4.65. The Morgan fingerprint density at radius 1 is 1.08 bits per heavy atom. The first-order valence-electron chi connectivity index (χ1n) is 12.2. The van der Waals surface area contributed by atoms with Crippen LogP contribution in [0.3, 0.4) is 0 Å². The molecule has 0 aliphatic carbocycles. The van der Waals surface area contributed by atoms with Crippen molar-refractivity contribution in [2.75, 3.05) is 26.2 Å². The number of rotatable bonds is 7. The molecule has 0 saturated carbocycles. The number of halogens is 2. The second kappa shape index (κ2) is 9.67. The molecule has 1 aliphatic rings. The third-order valence-electron chi connectivity index (χ3n) is 6.83. The zero-order valence-corrected chi connectivity index (χ0v) is 20.7. The van der Waals surface area contributed by atoms with Crippen LogP contribution in [0.2, 0.25) is 0 Å². The van der Waals surface area contributed by atoms with Crippen molar-refractivity contribution in [2.45, 2.75) is 45.3 Å². The predicted octanol–water partition coefficient (Wildman–Crippen LogP) is 4.17. The van der Waals surface area contributed by atoms with Crippen LogP contribution in [0.25, 0.3) is 33.2 Å². The van der Waals surface area contributed by atoms with Gasteiger partial charge in [-0.15, -0.1) is 10.2 Å². The van der Waals surface area contributed by atoms with Crippen LogP contribution in [-0.2, 0) is 18.4 Å². The number of hydrogen-bond donors (Lipinski definition) is 0. The monoisotopic (exact) mass is 496 g/mol. The van der Waals surface area contributed by atoms with Gasteiger partial charge in [-0.2, -0.15) is 0 Å². The lowest BCUT2D eigenvalue weighted by Crippen LogP contribution is -2.40. The molecule has 8 nitrogen and oxygen atoms in total. The molecule has 1 fully saturated rings. The molecule has 3 aromatic heterocycles. The van der Waals surface area contributed by atoms with Gasteiger partial charge in [0.25, 0.3) is 5.92 Å². The number of aryl methyl sites for hydroxylation is 1. The molecule has 5 rings (SSSR count). The number of hydrogen-bond acceptors (Lipinski definition) is 6. The normalized spacial score (nSPS) is 16.4. The Labute approximate surface area is 207 Å². The van der Waals surface area contributed by atoms with Gasteiger partial charge in [-0.25, -0.2) is 13.6 Å². The molecule has 0 atom stereocenters. The van der Waals surface area contributed by atoms with Crippen molar-refractivity contribution in [2.24, 2.45) is 7.05 Å². The molecule has 1 aliphatic heterocycles. The second-order valence-corrected chi connectivity index (χ2v) is 9.70. The Balaban J connectivity index is 1.30. The van der Waals surface area contributed by atoms with E-state index in [-0.39, 0.29) is 24.6 Å². The lowest BCUT2D eigenvalue weighted by Gasteiger charge is -2.31. The summed E-state index contributed by atoms with van der Waals surface area (Å²) >= 11 is 0. The number of ether oxygens (including phenoxy) is 1. The molecular weight excluding hydrogens is 466 g/mol. The SMILES string of the molecule is CC(C)n1c(=O)n(C)c2nnc3ccc(-c4ccc(COCCN5CCC(F)(F)CC5)nc4)cc3c21. The van der Waals surface area contributed by atoms with E-state index in [0.29, 0.717) is 38.5 Å². The van der Waals surface area contributed by atoms with E-state index in [9.17, 15) is 13.6 Å². The fourth-order valence-electron chi connectivity index (χ4n) is 4.71. The Kier molecular flexibility index (Phi) is 6.57. The Hall–Kier alpha value is -3.24. The molecule has 1 aromatic carbocycles. The van der Waals surface area contributed by atoms with Gasteiger partial charge < -0.3 is 9.64 Å². The Morgan fingerprint density at radius 3 is 2.53 bits per heavy atom. The molecule has 4 heterocycles. The lowest BCUT2D eigenvalue weighted by molar-refractivity contribution is -0.0590. The molecule has 0 N–H and O–H groups in total. The minimum Gasteiger partial charge on any atom is -0.374 e. The van der Waals surface area contributed by atoms with Crippen molar-refractivity contribution in [3.05, 3.63) is 52.7 Å². The summed E-state index contributed by atoms with van der Waals surface area (Å²) in [6, 6.07) is 9.81. The average Bonchev–Trinajstić information content (AvgIpc) is 3.13. The fourth-order valence-corrected chi connectivity index (χ4v) is 4.71. The van der Waals surface area contributed by atoms with Gasteiger partial charge in [0, 0.05) is 62.7 Å². The highest BCUT2D eigenvalue weighted by Crippen LogP contribution is 2.29. The third-order valence-corrected chi connectivity index (χ3v) is 6.83. The van der Waals surface area contributed by atoms with E-state index in [2.05, 4.69) is 15.2 Å². The van der Waals surface area contributed by atoms with Gasteiger partial charge in [0.05, 0.1) is 24.4 Å². The number of aromatic nitrogens is 5. The maximum absolute atomic E-state index is 13.3. The minimum absolute atomic E-state index is 0.0194. The van der Waals surface area contributed by atoms with Crippen molar-refractivity contribution in [1.29, 1.82) is 0 Å². The highest BCUT2D eigenvalue weighted by Gasteiger charge is 2.33. The van der Waals surface area contributed by atoms with E-state index in [1.807, 2.05) is 49.1 Å².